The second-order valence-corrected chi connectivity index (χ2v) is 6.95. The molecule has 3 rings (SSSR count). The molecule has 0 saturated carbocycles. The molecule has 0 bridgehead atoms. The molecule has 2 heterocycles. The number of hydrogen-bond donors (Lipinski definition) is 2. The van der Waals surface area contributed by atoms with Crippen LogP contribution in [0.25, 0.3) is 11.2 Å². The minimum atomic E-state index is -0.544. The lowest BCUT2D eigenvalue weighted by Gasteiger charge is -2.07. The van der Waals surface area contributed by atoms with E-state index in [1.165, 1.54) is 42.9 Å². The maximum atomic E-state index is 12.4. The molecule has 152 valence electrons. The number of aromatic nitrogens is 4. The summed E-state index contributed by atoms with van der Waals surface area (Å²) in [7, 11) is 4.27. The number of amides is 1. The van der Waals surface area contributed by atoms with Gasteiger partial charge in [-0.15, -0.1) is 0 Å². The molecule has 1 amide bonds. The summed E-state index contributed by atoms with van der Waals surface area (Å²) in [6.07, 6.45) is 2.69. The van der Waals surface area contributed by atoms with E-state index in [2.05, 4.69) is 31.4 Å². The van der Waals surface area contributed by atoms with Crippen molar-refractivity contribution in [2.75, 3.05) is 7.11 Å². The zero-order valence-corrected chi connectivity index (χ0v) is 17.3. The number of imidazole rings is 1. The molecule has 3 aromatic rings. The highest BCUT2D eigenvalue weighted by molar-refractivity contribution is 9.10. The van der Waals surface area contributed by atoms with Gasteiger partial charge in [0.25, 0.3) is 11.5 Å². The van der Waals surface area contributed by atoms with Crippen molar-refractivity contribution in [1.82, 2.24) is 24.1 Å². The number of fused-ring (bicyclic) bond motifs is 1. The van der Waals surface area contributed by atoms with Gasteiger partial charge in [-0.1, -0.05) is 0 Å². The fourth-order valence-electron chi connectivity index (χ4n) is 2.71. The largest absolute Gasteiger partial charge is 0.503 e. The molecule has 12 heteroatoms. The number of hydrazone groups is 1. The van der Waals surface area contributed by atoms with Crippen LogP contribution in [-0.2, 0) is 25.4 Å². The first kappa shape index (κ1) is 20.3. The van der Waals surface area contributed by atoms with Crippen molar-refractivity contribution in [2.24, 2.45) is 19.2 Å². The second-order valence-electron chi connectivity index (χ2n) is 6.10. The summed E-state index contributed by atoms with van der Waals surface area (Å²) in [6.45, 7) is -0.218. The van der Waals surface area contributed by atoms with Crippen molar-refractivity contribution < 1.29 is 14.6 Å². The molecule has 0 unspecified atom stereocenters. The molecule has 2 N–H and O–H groups in total. The van der Waals surface area contributed by atoms with Crippen LogP contribution < -0.4 is 21.4 Å². The van der Waals surface area contributed by atoms with Gasteiger partial charge in [-0.3, -0.25) is 18.7 Å². The van der Waals surface area contributed by atoms with E-state index in [9.17, 15) is 19.5 Å². The van der Waals surface area contributed by atoms with Crippen LogP contribution in [0.5, 0.6) is 11.5 Å². The zero-order valence-electron chi connectivity index (χ0n) is 15.7. The molecule has 0 spiro atoms. The van der Waals surface area contributed by atoms with Gasteiger partial charge in [0, 0.05) is 14.1 Å². The van der Waals surface area contributed by atoms with Crippen LogP contribution in [0.3, 0.4) is 0 Å². The first-order valence-electron chi connectivity index (χ1n) is 8.23. The third kappa shape index (κ3) is 3.78. The predicted molar refractivity (Wildman–Crippen MR) is 108 cm³/mol. The Morgan fingerprint density at radius 1 is 1.34 bits per heavy atom. The zero-order chi connectivity index (χ0) is 21.3. The monoisotopic (exact) mass is 464 g/mol. The number of carbonyl (C=O) groups excluding carboxylic acids is 1. The Morgan fingerprint density at radius 2 is 2.07 bits per heavy atom. The van der Waals surface area contributed by atoms with Crippen molar-refractivity contribution in [3.63, 3.8) is 0 Å². The number of ether oxygens (including phenoxy) is 1. The number of rotatable bonds is 5. The summed E-state index contributed by atoms with van der Waals surface area (Å²) in [5, 5.41) is 13.7. The van der Waals surface area contributed by atoms with E-state index in [4.69, 9.17) is 4.74 Å². The highest BCUT2D eigenvalue weighted by atomic mass is 79.9. The van der Waals surface area contributed by atoms with Crippen LogP contribution in [-0.4, -0.2) is 43.0 Å². The van der Waals surface area contributed by atoms with Crippen molar-refractivity contribution >= 4 is 39.2 Å². The minimum absolute atomic E-state index is 0.0448. The summed E-state index contributed by atoms with van der Waals surface area (Å²) in [6, 6.07) is 3.14. The van der Waals surface area contributed by atoms with Gasteiger partial charge in [0.2, 0.25) is 0 Å². The number of carbonyl (C=O) groups is 1. The van der Waals surface area contributed by atoms with Gasteiger partial charge in [-0.25, -0.2) is 15.2 Å². The number of phenols is 1. The average molecular weight is 465 g/mol. The van der Waals surface area contributed by atoms with Gasteiger partial charge < -0.3 is 14.4 Å². The normalized spacial score (nSPS) is 11.3. The number of phenolic OH excluding ortho intramolecular Hbond substituents is 1. The van der Waals surface area contributed by atoms with Gasteiger partial charge in [0.1, 0.15) is 6.54 Å². The standard InChI is InChI=1S/C17H17BrN6O5/c1-22-15-13(16(27)23(2)17(22)28)24(8-19-15)7-12(25)21-20-6-9-4-10(18)14(26)11(5-9)29-3/h4-6,8,26H,7H2,1-3H3,(H,21,25)/b20-6+. The Kier molecular flexibility index (Phi) is 5.55. The molecule has 0 aliphatic carbocycles. The molecule has 2 aromatic heterocycles. The van der Waals surface area contributed by atoms with Gasteiger partial charge in [-0.05, 0) is 33.6 Å². The van der Waals surface area contributed by atoms with Gasteiger partial charge >= 0.3 is 5.69 Å². The smallest absolute Gasteiger partial charge is 0.332 e. The van der Waals surface area contributed by atoms with E-state index in [0.29, 0.717) is 10.0 Å². The Bertz CT molecular complexity index is 1260. The molecular formula is C17H17BrN6O5. The van der Waals surface area contributed by atoms with Gasteiger partial charge in [0.05, 0.1) is 24.1 Å². The van der Waals surface area contributed by atoms with E-state index < -0.39 is 17.2 Å². The van der Waals surface area contributed by atoms with Gasteiger partial charge in [0.15, 0.2) is 22.7 Å². The highest BCUT2D eigenvalue weighted by Gasteiger charge is 2.15. The number of nitrogens with zero attached hydrogens (tertiary/aromatic N) is 5. The van der Waals surface area contributed by atoms with E-state index in [1.807, 2.05) is 0 Å². The van der Waals surface area contributed by atoms with Crippen LogP contribution >= 0.6 is 15.9 Å². The van der Waals surface area contributed by atoms with Crippen LogP contribution in [0.2, 0.25) is 0 Å². The molecule has 29 heavy (non-hydrogen) atoms. The number of aryl methyl sites for hydroxylation is 1. The molecule has 0 saturated heterocycles. The number of nitrogens with one attached hydrogen (secondary N) is 1. The molecule has 0 radical (unpaired) electrons. The van der Waals surface area contributed by atoms with Crippen molar-refractivity contribution in [3.05, 3.63) is 49.3 Å². The Balaban J connectivity index is 1.79. The third-order valence-electron chi connectivity index (χ3n) is 4.20. The van der Waals surface area contributed by atoms with Crippen LogP contribution in [0, 0.1) is 0 Å². The van der Waals surface area contributed by atoms with Crippen LogP contribution in [0.1, 0.15) is 5.56 Å². The van der Waals surface area contributed by atoms with E-state index in [1.54, 1.807) is 12.1 Å². The lowest BCUT2D eigenvalue weighted by molar-refractivity contribution is -0.121. The lowest BCUT2D eigenvalue weighted by atomic mass is 10.2. The van der Waals surface area contributed by atoms with Crippen molar-refractivity contribution in [3.8, 4) is 11.5 Å². The molecule has 11 nitrogen and oxygen atoms in total. The van der Waals surface area contributed by atoms with E-state index >= 15 is 0 Å². The lowest BCUT2D eigenvalue weighted by Crippen LogP contribution is -2.38. The maximum absolute atomic E-state index is 12.4. The fourth-order valence-corrected chi connectivity index (χ4v) is 3.17. The SMILES string of the molecule is COc1cc(/C=N/NC(=O)Cn2cnc3c2c(=O)n(C)c(=O)n3C)cc(Br)c1O. The molecule has 0 aliphatic heterocycles. The fraction of sp³-hybridized carbons (Fsp3) is 0.235. The van der Waals surface area contributed by atoms with Gasteiger partial charge in [-0.2, -0.15) is 5.10 Å². The summed E-state index contributed by atoms with van der Waals surface area (Å²) in [5.41, 5.74) is 2.21. The number of aromatic hydroxyl groups is 1. The quantitative estimate of drug-likeness (QED) is 0.405. The molecular weight excluding hydrogens is 448 g/mol. The first-order chi connectivity index (χ1) is 13.7. The maximum Gasteiger partial charge on any atom is 0.332 e. The first-order valence-corrected chi connectivity index (χ1v) is 9.03. The van der Waals surface area contributed by atoms with Crippen LogP contribution in [0.4, 0.5) is 0 Å². The minimum Gasteiger partial charge on any atom is -0.503 e. The summed E-state index contributed by atoms with van der Waals surface area (Å²) < 4.78 is 9.00. The summed E-state index contributed by atoms with van der Waals surface area (Å²) in [4.78, 5) is 40.6. The van der Waals surface area contributed by atoms with E-state index in [0.717, 1.165) is 4.57 Å². The Morgan fingerprint density at radius 3 is 2.76 bits per heavy atom. The molecule has 0 atom stereocenters. The number of benzene rings is 1. The third-order valence-corrected chi connectivity index (χ3v) is 4.81. The predicted octanol–water partition coefficient (Wildman–Crippen LogP) is 0.0607. The second kappa shape index (κ2) is 7.91. The topological polar surface area (TPSA) is 133 Å². The molecule has 1 aromatic carbocycles. The number of methoxy groups -OCH3 is 1. The summed E-state index contributed by atoms with van der Waals surface area (Å²) >= 11 is 3.20. The Labute approximate surface area is 172 Å². The average Bonchev–Trinajstić information content (AvgIpc) is 3.10. The summed E-state index contributed by atoms with van der Waals surface area (Å²) in [5.74, 6) is -0.295. The number of halogens is 1. The van der Waals surface area contributed by atoms with Crippen molar-refractivity contribution in [1.29, 1.82) is 0 Å². The Hall–Kier alpha value is -3.41. The highest BCUT2D eigenvalue weighted by Crippen LogP contribution is 2.34. The van der Waals surface area contributed by atoms with E-state index in [-0.39, 0.29) is 29.2 Å². The number of hydrogen-bond acceptors (Lipinski definition) is 7. The van der Waals surface area contributed by atoms with Crippen LogP contribution in [0.15, 0.2) is 37.6 Å². The van der Waals surface area contributed by atoms with Crippen molar-refractivity contribution in [2.45, 2.75) is 6.54 Å². The molecule has 0 fully saturated rings. The molecule has 0 aliphatic rings.